The minimum absolute atomic E-state index is 0.0474. The van der Waals surface area contributed by atoms with E-state index in [1.54, 1.807) is 0 Å². The van der Waals surface area contributed by atoms with E-state index in [1.165, 1.54) is 6.92 Å². The van der Waals surface area contributed by atoms with Gasteiger partial charge in [-0.15, -0.1) is 0 Å². The van der Waals surface area contributed by atoms with Crippen molar-refractivity contribution in [2.45, 2.75) is 84.3 Å². The van der Waals surface area contributed by atoms with Crippen LogP contribution in [0.4, 0.5) is 0 Å². The van der Waals surface area contributed by atoms with Gasteiger partial charge in [0.25, 0.3) is 0 Å². The average molecular weight is 348 g/mol. The second-order valence-corrected chi connectivity index (χ2v) is 9.73. The Morgan fingerprint density at radius 1 is 1.20 bits per heavy atom. The molecule has 0 bridgehead atoms. The van der Waals surface area contributed by atoms with E-state index in [1.807, 2.05) is 0 Å². The molecule has 0 spiro atoms. The lowest BCUT2D eigenvalue weighted by atomic mass is 9.44. The standard InChI is InChI=1S/C21H32O4/c1-12(22)25-14-8-9-20(2)13(10-14)4-5-15-16-6-7-18(24)21(16,3)11-17(23)19(15)20/h13-17,19,23H,4-11H2,1-3H3/t13-,14+,15+,16+,17+,19+,20+,21+/m1/s1. The van der Waals surface area contributed by atoms with Gasteiger partial charge in [0.05, 0.1) is 6.10 Å². The molecule has 4 saturated carbocycles. The third-order valence-electron chi connectivity index (χ3n) is 8.59. The van der Waals surface area contributed by atoms with Gasteiger partial charge in [0, 0.05) is 18.8 Å². The zero-order valence-electron chi connectivity index (χ0n) is 15.8. The van der Waals surface area contributed by atoms with Crippen LogP contribution in [-0.2, 0) is 14.3 Å². The van der Waals surface area contributed by atoms with Crippen molar-refractivity contribution in [3.8, 4) is 0 Å². The van der Waals surface area contributed by atoms with E-state index >= 15 is 0 Å². The Bertz CT molecular complexity index is 586. The number of aliphatic hydroxyl groups excluding tert-OH is 1. The molecule has 0 aliphatic heterocycles. The number of fused-ring (bicyclic) bond motifs is 5. The maximum absolute atomic E-state index is 12.5. The molecular weight excluding hydrogens is 316 g/mol. The molecule has 0 aromatic carbocycles. The molecule has 4 rings (SSSR count). The number of hydrogen-bond acceptors (Lipinski definition) is 4. The Morgan fingerprint density at radius 2 is 1.96 bits per heavy atom. The summed E-state index contributed by atoms with van der Waals surface area (Å²) < 4.78 is 5.50. The van der Waals surface area contributed by atoms with Gasteiger partial charge < -0.3 is 9.84 Å². The van der Waals surface area contributed by atoms with E-state index in [9.17, 15) is 14.7 Å². The van der Waals surface area contributed by atoms with Crippen LogP contribution in [0, 0.1) is 34.5 Å². The fraction of sp³-hybridized carbons (Fsp3) is 0.905. The van der Waals surface area contributed by atoms with E-state index in [0.29, 0.717) is 42.3 Å². The summed E-state index contributed by atoms with van der Waals surface area (Å²) in [7, 11) is 0. The molecule has 4 fully saturated rings. The zero-order chi connectivity index (χ0) is 18.0. The Kier molecular flexibility index (Phi) is 4.06. The molecule has 0 heterocycles. The lowest BCUT2D eigenvalue weighted by Gasteiger charge is -2.61. The van der Waals surface area contributed by atoms with Crippen molar-refractivity contribution >= 4 is 11.8 Å². The number of aliphatic hydroxyl groups is 1. The molecule has 4 heteroatoms. The van der Waals surface area contributed by atoms with Crippen LogP contribution in [0.5, 0.6) is 0 Å². The summed E-state index contributed by atoms with van der Waals surface area (Å²) in [5, 5.41) is 11.1. The molecule has 4 aliphatic rings. The highest BCUT2D eigenvalue weighted by Gasteiger charge is 2.63. The van der Waals surface area contributed by atoms with Crippen molar-refractivity contribution in [1.82, 2.24) is 0 Å². The van der Waals surface area contributed by atoms with Crippen molar-refractivity contribution in [1.29, 1.82) is 0 Å². The predicted octanol–water partition coefficient (Wildman–Crippen LogP) is 3.50. The average Bonchev–Trinajstić information content (AvgIpc) is 2.82. The van der Waals surface area contributed by atoms with E-state index < -0.39 is 0 Å². The summed E-state index contributed by atoms with van der Waals surface area (Å²) in [5.41, 5.74) is -0.176. The minimum Gasteiger partial charge on any atom is -0.463 e. The molecule has 4 aliphatic carbocycles. The molecule has 0 aromatic rings. The van der Waals surface area contributed by atoms with Crippen LogP contribution in [0.2, 0.25) is 0 Å². The first-order valence-corrected chi connectivity index (χ1v) is 10.1. The van der Waals surface area contributed by atoms with Crippen molar-refractivity contribution in [2.24, 2.45) is 34.5 Å². The lowest BCUT2D eigenvalue weighted by Crippen LogP contribution is -2.59. The van der Waals surface area contributed by atoms with Gasteiger partial charge in [0.1, 0.15) is 11.9 Å². The second kappa shape index (κ2) is 5.80. The molecule has 8 atom stereocenters. The van der Waals surface area contributed by atoms with Crippen LogP contribution in [-0.4, -0.2) is 29.1 Å². The minimum atomic E-state index is -0.369. The van der Waals surface area contributed by atoms with Crippen molar-refractivity contribution in [3.05, 3.63) is 0 Å². The van der Waals surface area contributed by atoms with Crippen LogP contribution in [0.25, 0.3) is 0 Å². The van der Waals surface area contributed by atoms with Crippen molar-refractivity contribution < 1.29 is 19.4 Å². The number of rotatable bonds is 1. The summed E-state index contributed by atoms with van der Waals surface area (Å²) in [6.45, 7) is 5.97. The molecule has 0 aromatic heterocycles. The SMILES string of the molecule is CC(=O)O[C@H]1CC[C@@]2(C)[C@H](CC[C@@H]3[C@H]2[C@@H](O)C[C@]2(C)C(=O)CC[C@@H]32)C1. The van der Waals surface area contributed by atoms with Gasteiger partial charge in [0.2, 0.25) is 0 Å². The summed E-state index contributed by atoms with van der Waals surface area (Å²) in [6.07, 6.45) is 7.16. The first kappa shape index (κ1) is 17.5. The van der Waals surface area contributed by atoms with E-state index in [-0.39, 0.29) is 29.0 Å². The molecule has 1 N–H and O–H groups in total. The monoisotopic (exact) mass is 348 g/mol. The summed E-state index contributed by atoms with van der Waals surface area (Å²) in [5.74, 6) is 1.95. The smallest absolute Gasteiger partial charge is 0.302 e. The normalized spacial score (nSPS) is 52.1. The van der Waals surface area contributed by atoms with Gasteiger partial charge in [-0.25, -0.2) is 0 Å². The number of ether oxygens (including phenoxy) is 1. The molecule has 25 heavy (non-hydrogen) atoms. The molecule has 140 valence electrons. The summed E-state index contributed by atoms with van der Waals surface area (Å²) in [6, 6.07) is 0. The van der Waals surface area contributed by atoms with Crippen LogP contribution in [0.15, 0.2) is 0 Å². The van der Waals surface area contributed by atoms with Crippen LogP contribution < -0.4 is 0 Å². The van der Waals surface area contributed by atoms with Gasteiger partial charge in [-0.05, 0) is 74.0 Å². The quantitative estimate of drug-likeness (QED) is 0.737. The molecule has 0 amide bonds. The first-order chi connectivity index (χ1) is 11.8. The van der Waals surface area contributed by atoms with Crippen LogP contribution in [0.3, 0.4) is 0 Å². The summed E-state index contributed by atoms with van der Waals surface area (Å²) in [4.78, 5) is 23.8. The maximum Gasteiger partial charge on any atom is 0.302 e. The van der Waals surface area contributed by atoms with Gasteiger partial charge in [-0.1, -0.05) is 13.8 Å². The number of carbonyl (C=O) groups excluding carboxylic acids is 2. The van der Waals surface area contributed by atoms with Gasteiger partial charge in [-0.3, -0.25) is 9.59 Å². The number of esters is 1. The molecule has 0 unspecified atom stereocenters. The van der Waals surface area contributed by atoms with Crippen LogP contribution in [0.1, 0.15) is 72.1 Å². The molecule has 4 nitrogen and oxygen atoms in total. The summed E-state index contributed by atoms with van der Waals surface area (Å²) >= 11 is 0. The number of Topliss-reactive ketones (excluding diaryl/α,β-unsaturated/α-hetero) is 1. The van der Waals surface area contributed by atoms with E-state index in [0.717, 1.165) is 38.5 Å². The number of hydrogen-bond donors (Lipinski definition) is 1. The van der Waals surface area contributed by atoms with Gasteiger partial charge >= 0.3 is 5.97 Å². The van der Waals surface area contributed by atoms with Gasteiger partial charge in [-0.2, -0.15) is 0 Å². The fourth-order valence-electron chi connectivity index (χ4n) is 7.46. The molecule has 0 saturated heterocycles. The topological polar surface area (TPSA) is 63.6 Å². The largest absolute Gasteiger partial charge is 0.463 e. The third-order valence-corrected chi connectivity index (χ3v) is 8.59. The Balaban J connectivity index is 1.59. The first-order valence-electron chi connectivity index (χ1n) is 10.1. The molecular formula is C21H32O4. The highest BCUT2D eigenvalue weighted by atomic mass is 16.5. The maximum atomic E-state index is 12.5. The lowest BCUT2D eigenvalue weighted by molar-refractivity contribution is -0.181. The van der Waals surface area contributed by atoms with Crippen LogP contribution >= 0.6 is 0 Å². The highest BCUT2D eigenvalue weighted by molar-refractivity contribution is 5.87. The van der Waals surface area contributed by atoms with E-state index in [2.05, 4.69) is 13.8 Å². The zero-order valence-corrected chi connectivity index (χ0v) is 15.8. The Labute approximate surface area is 150 Å². The Morgan fingerprint density at radius 3 is 2.68 bits per heavy atom. The van der Waals surface area contributed by atoms with Gasteiger partial charge in [0.15, 0.2) is 0 Å². The number of ketones is 1. The fourth-order valence-corrected chi connectivity index (χ4v) is 7.46. The third kappa shape index (κ3) is 2.50. The highest BCUT2D eigenvalue weighted by Crippen LogP contribution is 2.65. The second-order valence-electron chi connectivity index (χ2n) is 9.73. The predicted molar refractivity (Wildman–Crippen MR) is 93.7 cm³/mol. The Hall–Kier alpha value is -0.900. The molecule has 0 radical (unpaired) electrons. The number of carbonyl (C=O) groups is 2. The van der Waals surface area contributed by atoms with Crippen molar-refractivity contribution in [3.63, 3.8) is 0 Å². The van der Waals surface area contributed by atoms with Crippen molar-refractivity contribution in [2.75, 3.05) is 0 Å². The van der Waals surface area contributed by atoms with E-state index in [4.69, 9.17) is 4.74 Å².